The summed E-state index contributed by atoms with van der Waals surface area (Å²) in [6.45, 7) is 1.19. The van der Waals surface area contributed by atoms with Crippen LogP contribution < -0.4 is 14.9 Å². The van der Waals surface area contributed by atoms with Gasteiger partial charge in [-0.15, -0.1) is 0 Å². The van der Waals surface area contributed by atoms with Crippen LogP contribution in [0.5, 0.6) is 0 Å². The maximum atomic E-state index is 13.9. The largest absolute Gasteiger partial charge is 0.467 e. The Morgan fingerprint density at radius 2 is 1.82 bits per heavy atom. The number of benzene rings is 2. The molecule has 0 fully saturated rings. The number of rotatable bonds is 10. The molecule has 1 heterocycles. The number of furan rings is 1. The molecule has 1 unspecified atom stereocenters. The summed E-state index contributed by atoms with van der Waals surface area (Å²) in [6.07, 6.45) is 1.68. The second-order valence-electron chi connectivity index (χ2n) is 7.10. The highest BCUT2D eigenvalue weighted by Crippen LogP contribution is 2.21. The van der Waals surface area contributed by atoms with E-state index in [1.54, 1.807) is 37.3 Å². The lowest BCUT2D eigenvalue weighted by Gasteiger charge is -2.30. The number of carbonyl (C=O) groups is 2. The van der Waals surface area contributed by atoms with Gasteiger partial charge in [-0.3, -0.25) is 14.5 Å². The van der Waals surface area contributed by atoms with Crippen LogP contribution in [-0.4, -0.2) is 32.8 Å². The van der Waals surface area contributed by atoms with Crippen LogP contribution in [-0.2, 0) is 26.2 Å². The first kappa shape index (κ1) is 24.1. The first-order chi connectivity index (χ1) is 15.8. The fourth-order valence-corrected chi connectivity index (χ4v) is 4.23. The molecule has 0 aliphatic heterocycles. The van der Waals surface area contributed by atoms with Crippen molar-refractivity contribution < 1.29 is 26.8 Å². The first-order valence-electron chi connectivity index (χ1n) is 10.2. The number of hydrogen-bond donors (Lipinski definition) is 2. The molecule has 33 heavy (non-hydrogen) atoms. The van der Waals surface area contributed by atoms with E-state index in [2.05, 4.69) is 10.0 Å². The molecule has 2 N–H and O–H groups in total. The quantitative estimate of drug-likeness (QED) is 0.471. The fraction of sp³-hybridized carbons (Fsp3) is 0.217. The molecule has 1 atom stereocenters. The Balaban J connectivity index is 1.82. The molecule has 174 valence electrons. The average Bonchev–Trinajstić information content (AvgIpc) is 3.34. The molecule has 8 nitrogen and oxygen atoms in total. The van der Waals surface area contributed by atoms with E-state index in [4.69, 9.17) is 4.42 Å². The van der Waals surface area contributed by atoms with Gasteiger partial charge < -0.3 is 9.73 Å². The van der Waals surface area contributed by atoms with E-state index in [9.17, 15) is 22.4 Å². The standard InChI is InChI=1S/C23H24FN3O5S/c1-2-21(23(29)25-15-19-10-7-13-32-19)27(18-9-6-8-17(24)14-18)22(28)16-26-33(30,31)20-11-4-3-5-12-20/h3-14,21,26H,2,15-16H2,1H3,(H,25,29). The zero-order chi connectivity index (χ0) is 23.8. The molecule has 0 aliphatic carbocycles. The summed E-state index contributed by atoms with van der Waals surface area (Å²) in [4.78, 5) is 27.2. The maximum absolute atomic E-state index is 13.9. The molecule has 0 spiro atoms. The molecule has 0 saturated carbocycles. The number of hydrogen-bond acceptors (Lipinski definition) is 5. The van der Waals surface area contributed by atoms with E-state index in [0.717, 1.165) is 11.0 Å². The van der Waals surface area contributed by atoms with Crippen molar-refractivity contribution in [2.24, 2.45) is 0 Å². The minimum atomic E-state index is -3.96. The molecule has 0 bridgehead atoms. The van der Waals surface area contributed by atoms with Gasteiger partial charge in [0.25, 0.3) is 0 Å². The van der Waals surface area contributed by atoms with E-state index in [0.29, 0.717) is 5.76 Å². The monoisotopic (exact) mass is 473 g/mol. The van der Waals surface area contributed by atoms with Gasteiger partial charge in [0.05, 0.1) is 24.2 Å². The number of halogens is 1. The summed E-state index contributed by atoms with van der Waals surface area (Å²) in [5, 5.41) is 2.70. The van der Waals surface area contributed by atoms with Gasteiger partial charge in [0, 0.05) is 5.69 Å². The summed E-state index contributed by atoms with van der Waals surface area (Å²) in [6, 6.07) is 15.2. The smallest absolute Gasteiger partial charge is 0.243 e. The molecule has 0 aliphatic rings. The number of anilines is 1. The van der Waals surface area contributed by atoms with Crippen LogP contribution in [0.15, 0.2) is 82.3 Å². The molecule has 3 rings (SSSR count). The van der Waals surface area contributed by atoms with E-state index in [1.165, 1.54) is 36.6 Å². The Morgan fingerprint density at radius 3 is 2.45 bits per heavy atom. The van der Waals surface area contributed by atoms with E-state index < -0.39 is 40.2 Å². The Labute approximate surface area is 191 Å². The summed E-state index contributed by atoms with van der Waals surface area (Å²) in [7, 11) is -3.96. The number of sulfonamides is 1. The highest BCUT2D eigenvalue weighted by atomic mass is 32.2. The molecule has 2 amide bonds. The van der Waals surface area contributed by atoms with Crippen molar-refractivity contribution in [2.45, 2.75) is 30.8 Å². The zero-order valence-corrected chi connectivity index (χ0v) is 18.7. The summed E-state index contributed by atoms with van der Waals surface area (Å²) in [5.74, 6) is -1.27. The predicted molar refractivity (Wildman–Crippen MR) is 120 cm³/mol. The predicted octanol–water partition coefficient (Wildman–Crippen LogP) is 2.83. The van der Waals surface area contributed by atoms with Crippen LogP contribution in [0.25, 0.3) is 0 Å². The SMILES string of the molecule is CCC(C(=O)NCc1ccco1)N(C(=O)CNS(=O)(=O)c1ccccc1)c1cccc(F)c1. The minimum absolute atomic E-state index is 0.00154. The van der Waals surface area contributed by atoms with Gasteiger partial charge in [-0.25, -0.2) is 17.5 Å². The maximum Gasteiger partial charge on any atom is 0.243 e. The van der Waals surface area contributed by atoms with E-state index in [1.807, 2.05) is 0 Å². The van der Waals surface area contributed by atoms with Gasteiger partial charge in [0.2, 0.25) is 21.8 Å². The molecule has 0 saturated heterocycles. The highest BCUT2D eigenvalue weighted by Gasteiger charge is 2.31. The number of carbonyl (C=O) groups excluding carboxylic acids is 2. The number of nitrogens with one attached hydrogen (secondary N) is 2. The molecule has 2 aromatic carbocycles. The van der Waals surface area contributed by atoms with Crippen molar-refractivity contribution in [3.8, 4) is 0 Å². The van der Waals surface area contributed by atoms with Crippen molar-refractivity contribution >= 4 is 27.5 Å². The molecule has 3 aromatic rings. The second-order valence-corrected chi connectivity index (χ2v) is 8.87. The van der Waals surface area contributed by atoms with Gasteiger partial charge in [-0.1, -0.05) is 31.2 Å². The average molecular weight is 474 g/mol. The summed E-state index contributed by atoms with van der Waals surface area (Å²) in [5.41, 5.74) is 0.138. The van der Waals surface area contributed by atoms with Gasteiger partial charge in [-0.05, 0) is 48.9 Å². The normalized spacial score (nSPS) is 12.2. The van der Waals surface area contributed by atoms with Crippen LogP contribution in [0.3, 0.4) is 0 Å². The Hall–Kier alpha value is -3.50. The van der Waals surface area contributed by atoms with E-state index >= 15 is 0 Å². The number of amides is 2. The second kappa shape index (κ2) is 10.9. The van der Waals surface area contributed by atoms with Crippen LogP contribution in [0, 0.1) is 5.82 Å². The lowest BCUT2D eigenvalue weighted by Crippen LogP contribution is -2.52. The van der Waals surface area contributed by atoms with Crippen LogP contribution in [0.4, 0.5) is 10.1 Å². The van der Waals surface area contributed by atoms with Crippen LogP contribution in [0.1, 0.15) is 19.1 Å². The molecular weight excluding hydrogens is 449 g/mol. The minimum Gasteiger partial charge on any atom is -0.467 e. The van der Waals surface area contributed by atoms with Gasteiger partial charge in [0.15, 0.2) is 0 Å². The van der Waals surface area contributed by atoms with E-state index in [-0.39, 0.29) is 23.5 Å². The molecular formula is C23H24FN3O5S. The summed E-state index contributed by atoms with van der Waals surface area (Å²) < 4.78 is 46.4. The first-order valence-corrected chi connectivity index (χ1v) is 11.7. The lowest BCUT2D eigenvalue weighted by molar-refractivity contribution is -0.126. The van der Waals surface area contributed by atoms with Crippen LogP contribution >= 0.6 is 0 Å². The third-order valence-corrected chi connectivity index (χ3v) is 6.26. The van der Waals surface area contributed by atoms with Crippen molar-refractivity contribution in [1.82, 2.24) is 10.0 Å². The zero-order valence-electron chi connectivity index (χ0n) is 17.9. The van der Waals surface area contributed by atoms with Crippen LogP contribution in [0.2, 0.25) is 0 Å². The highest BCUT2D eigenvalue weighted by molar-refractivity contribution is 7.89. The van der Waals surface area contributed by atoms with Crippen molar-refractivity contribution in [2.75, 3.05) is 11.4 Å². The third kappa shape index (κ3) is 6.27. The van der Waals surface area contributed by atoms with Gasteiger partial charge in [-0.2, -0.15) is 0 Å². The molecule has 1 aromatic heterocycles. The number of nitrogens with zero attached hydrogens (tertiary/aromatic N) is 1. The molecule has 0 radical (unpaired) electrons. The summed E-state index contributed by atoms with van der Waals surface area (Å²) >= 11 is 0. The fourth-order valence-electron chi connectivity index (χ4n) is 3.24. The Kier molecular flexibility index (Phi) is 7.96. The van der Waals surface area contributed by atoms with Gasteiger partial charge in [0.1, 0.15) is 17.6 Å². The van der Waals surface area contributed by atoms with Crippen molar-refractivity contribution in [3.05, 3.63) is 84.6 Å². The lowest BCUT2D eigenvalue weighted by atomic mass is 10.1. The Bertz CT molecular complexity index is 1180. The van der Waals surface area contributed by atoms with Crippen molar-refractivity contribution in [3.63, 3.8) is 0 Å². The topological polar surface area (TPSA) is 109 Å². The Morgan fingerprint density at radius 1 is 1.06 bits per heavy atom. The van der Waals surface area contributed by atoms with Crippen molar-refractivity contribution in [1.29, 1.82) is 0 Å². The van der Waals surface area contributed by atoms with Gasteiger partial charge >= 0.3 is 0 Å². The molecule has 10 heteroatoms. The third-order valence-electron chi connectivity index (χ3n) is 4.84.